The Hall–Kier alpha value is -2.11. The number of nitrogens with zero attached hydrogens (tertiary/aromatic N) is 2. The minimum Gasteiger partial charge on any atom is -0.351 e. The van der Waals surface area contributed by atoms with Gasteiger partial charge in [-0.15, -0.1) is 0 Å². The van der Waals surface area contributed by atoms with Crippen molar-refractivity contribution in [2.45, 2.75) is 0 Å². The predicted molar refractivity (Wildman–Crippen MR) is 47.1 cm³/mol. The first-order valence-corrected chi connectivity index (χ1v) is 3.62. The molecule has 2 aromatic heterocycles. The first-order chi connectivity index (χ1) is 6.25. The van der Waals surface area contributed by atoms with Crippen LogP contribution in [0.2, 0.25) is 0 Å². The number of urea groups is 1. The van der Waals surface area contributed by atoms with Crippen LogP contribution in [0.4, 0.5) is 10.6 Å². The van der Waals surface area contributed by atoms with E-state index in [2.05, 4.69) is 20.3 Å². The third-order valence-electron chi connectivity index (χ3n) is 1.53. The fourth-order valence-corrected chi connectivity index (χ4v) is 1.02. The molecule has 0 aromatic carbocycles. The van der Waals surface area contributed by atoms with Crippen molar-refractivity contribution in [1.29, 1.82) is 0 Å². The number of primary amides is 1. The van der Waals surface area contributed by atoms with Gasteiger partial charge < -0.3 is 10.7 Å². The average Bonchev–Trinajstić information content (AvgIpc) is 2.49. The number of fused-ring (bicyclic) bond motifs is 1. The Morgan fingerprint density at radius 2 is 2.38 bits per heavy atom. The molecule has 6 heteroatoms. The number of aromatic amines is 1. The number of nitrogens with two attached hydrogens (primary N) is 1. The molecule has 2 aromatic rings. The molecule has 0 saturated heterocycles. The summed E-state index contributed by atoms with van der Waals surface area (Å²) in [5.41, 5.74) is 6.29. The molecule has 13 heavy (non-hydrogen) atoms. The predicted octanol–water partition coefficient (Wildman–Crippen LogP) is 0.449. The zero-order valence-electron chi connectivity index (χ0n) is 6.61. The molecule has 0 radical (unpaired) electrons. The highest BCUT2D eigenvalue weighted by Crippen LogP contribution is 2.09. The summed E-state index contributed by atoms with van der Waals surface area (Å²) in [5, 5.41) is 2.36. The lowest BCUT2D eigenvalue weighted by Gasteiger charge is -1.98. The Bertz CT molecular complexity index is 449. The van der Waals surface area contributed by atoms with Gasteiger partial charge in [-0.3, -0.25) is 5.32 Å². The molecule has 2 amide bonds. The number of aromatic nitrogens is 3. The smallest absolute Gasteiger partial charge is 0.317 e. The molecule has 6 nitrogen and oxygen atoms in total. The standard InChI is InChI=1S/C7H7N5O/c8-7(13)12-5-2-1-4-6(11-5)10-3-9-4/h1-3H,(H4,8,9,10,11,12,13). The van der Waals surface area contributed by atoms with Crippen LogP contribution in [0, 0.1) is 0 Å². The number of rotatable bonds is 1. The van der Waals surface area contributed by atoms with Crippen LogP contribution >= 0.6 is 0 Å². The van der Waals surface area contributed by atoms with Gasteiger partial charge in [0.05, 0.1) is 11.8 Å². The molecule has 0 spiro atoms. The maximum Gasteiger partial charge on any atom is 0.317 e. The maximum atomic E-state index is 10.5. The first-order valence-electron chi connectivity index (χ1n) is 3.62. The lowest BCUT2D eigenvalue weighted by molar-refractivity contribution is 0.259. The fraction of sp³-hybridized carbons (Fsp3) is 0. The van der Waals surface area contributed by atoms with Gasteiger partial charge in [0, 0.05) is 0 Å². The molecular formula is C7H7N5O. The van der Waals surface area contributed by atoms with Crippen LogP contribution in [0.15, 0.2) is 18.5 Å². The summed E-state index contributed by atoms with van der Waals surface area (Å²) in [4.78, 5) is 21.3. The third-order valence-corrected chi connectivity index (χ3v) is 1.53. The van der Waals surface area contributed by atoms with Gasteiger partial charge in [-0.1, -0.05) is 0 Å². The van der Waals surface area contributed by atoms with Gasteiger partial charge in [-0.2, -0.15) is 0 Å². The van der Waals surface area contributed by atoms with Crippen LogP contribution in [0.3, 0.4) is 0 Å². The average molecular weight is 177 g/mol. The quantitative estimate of drug-likeness (QED) is 0.589. The van der Waals surface area contributed by atoms with E-state index in [0.717, 1.165) is 5.52 Å². The molecule has 2 heterocycles. The molecule has 2 rings (SSSR count). The summed E-state index contributed by atoms with van der Waals surface area (Å²) in [6, 6.07) is 2.77. The van der Waals surface area contributed by atoms with E-state index in [9.17, 15) is 4.79 Å². The largest absolute Gasteiger partial charge is 0.351 e. The van der Waals surface area contributed by atoms with Gasteiger partial charge in [-0.05, 0) is 12.1 Å². The maximum absolute atomic E-state index is 10.5. The molecule has 0 aliphatic heterocycles. The number of amides is 2. The van der Waals surface area contributed by atoms with E-state index in [4.69, 9.17) is 5.73 Å². The van der Waals surface area contributed by atoms with Crippen molar-refractivity contribution in [3.8, 4) is 0 Å². The highest BCUT2D eigenvalue weighted by Gasteiger charge is 2.00. The van der Waals surface area contributed by atoms with Gasteiger partial charge >= 0.3 is 6.03 Å². The molecule has 0 fully saturated rings. The Morgan fingerprint density at radius 1 is 1.54 bits per heavy atom. The van der Waals surface area contributed by atoms with Crippen molar-refractivity contribution in [2.24, 2.45) is 5.73 Å². The van der Waals surface area contributed by atoms with Crippen molar-refractivity contribution in [3.05, 3.63) is 18.5 Å². The van der Waals surface area contributed by atoms with Crippen LogP contribution < -0.4 is 11.1 Å². The van der Waals surface area contributed by atoms with Crippen molar-refractivity contribution >= 4 is 23.0 Å². The van der Waals surface area contributed by atoms with E-state index in [0.29, 0.717) is 11.5 Å². The lowest BCUT2D eigenvalue weighted by atomic mass is 10.4. The SMILES string of the molecule is NC(=O)Nc1ccc2[nH]cnc2n1. The number of imidazole rings is 1. The van der Waals surface area contributed by atoms with Crippen molar-refractivity contribution in [3.63, 3.8) is 0 Å². The highest BCUT2D eigenvalue weighted by atomic mass is 16.2. The Morgan fingerprint density at radius 3 is 3.15 bits per heavy atom. The number of hydrogen-bond acceptors (Lipinski definition) is 3. The molecule has 0 atom stereocenters. The third kappa shape index (κ3) is 1.41. The normalized spacial score (nSPS) is 10.2. The molecule has 0 unspecified atom stereocenters. The summed E-state index contributed by atoms with van der Waals surface area (Å²) in [6.45, 7) is 0. The summed E-state index contributed by atoms with van der Waals surface area (Å²) < 4.78 is 0. The van der Waals surface area contributed by atoms with Crippen LogP contribution in [0.25, 0.3) is 11.2 Å². The van der Waals surface area contributed by atoms with E-state index in [-0.39, 0.29) is 0 Å². The van der Waals surface area contributed by atoms with Gasteiger partial charge in [-0.25, -0.2) is 14.8 Å². The van der Waals surface area contributed by atoms with Crippen LogP contribution in [0.1, 0.15) is 0 Å². The zero-order valence-corrected chi connectivity index (χ0v) is 6.61. The first kappa shape index (κ1) is 7.53. The number of anilines is 1. The van der Waals surface area contributed by atoms with Crippen molar-refractivity contribution in [2.75, 3.05) is 5.32 Å². The summed E-state index contributed by atoms with van der Waals surface area (Å²) >= 11 is 0. The van der Waals surface area contributed by atoms with E-state index < -0.39 is 6.03 Å². The number of H-pyrrole nitrogens is 1. The zero-order chi connectivity index (χ0) is 9.26. The van der Waals surface area contributed by atoms with E-state index in [1.807, 2.05) is 0 Å². The van der Waals surface area contributed by atoms with Crippen molar-refractivity contribution < 1.29 is 4.79 Å². The second-order valence-electron chi connectivity index (χ2n) is 2.46. The molecule has 0 bridgehead atoms. The Kier molecular flexibility index (Phi) is 1.59. The molecule has 0 saturated carbocycles. The number of nitrogens with one attached hydrogen (secondary N) is 2. The van der Waals surface area contributed by atoms with Crippen LogP contribution in [-0.2, 0) is 0 Å². The second-order valence-corrected chi connectivity index (χ2v) is 2.46. The fourth-order valence-electron chi connectivity index (χ4n) is 1.02. The van der Waals surface area contributed by atoms with Crippen LogP contribution in [-0.4, -0.2) is 21.0 Å². The lowest BCUT2D eigenvalue weighted by Crippen LogP contribution is -2.19. The van der Waals surface area contributed by atoms with Gasteiger partial charge in [0.25, 0.3) is 0 Å². The number of pyridine rings is 1. The summed E-state index contributed by atoms with van der Waals surface area (Å²) in [5.74, 6) is 0.395. The number of carbonyl (C=O) groups is 1. The van der Waals surface area contributed by atoms with Gasteiger partial charge in [0.1, 0.15) is 5.82 Å². The van der Waals surface area contributed by atoms with Gasteiger partial charge in [0.2, 0.25) is 0 Å². The van der Waals surface area contributed by atoms with E-state index in [1.54, 1.807) is 12.1 Å². The molecule has 4 N–H and O–H groups in total. The van der Waals surface area contributed by atoms with Gasteiger partial charge in [0.15, 0.2) is 5.65 Å². The number of carbonyl (C=O) groups excluding carboxylic acids is 1. The van der Waals surface area contributed by atoms with Crippen LogP contribution in [0.5, 0.6) is 0 Å². The molecular weight excluding hydrogens is 170 g/mol. The molecule has 66 valence electrons. The number of hydrogen-bond donors (Lipinski definition) is 3. The minimum atomic E-state index is -0.637. The minimum absolute atomic E-state index is 0.395. The Labute approximate surface area is 73.2 Å². The van der Waals surface area contributed by atoms with E-state index >= 15 is 0 Å². The highest BCUT2D eigenvalue weighted by molar-refractivity contribution is 5.87. The van der Waals surface area contributed by atoms with Crippen molar-refractivity contribution in [1.82, 2.24) is 15.0 Å². The second kappa shape index (κ2) is 2.74. The molecule has 0 aliphatic rings. The summed E-state index contributed by atoms with van der Waals surface area (Å²) in [7, 11) is 0. The monoisotopic (exact) mass is 177 g/mol. The van der Waals surface area contributed by atoms with E-state index in [1.165, 1.54) is 6.33 Å². The topological polar surface area (TPSA) is 96.7 Å². The Balaban J connectivity index is 2.42. The molecule has 0 aliphatic carbocycles. The summed E-state index contributed by atoms with van der Waals surface area (Å²) in [6.07, 6.45) is 1.53.